The van der Waals surface area contributed by atoms with Crippen molar-refractivity contribution in [1.29, 1.82) is 0 Å². The zero-order valence-electron chi connectivity index (χ0n) is 16.3. The Labute approximate surface area is 191 Å². The van der Waals surface area contributed by atoms with Crippen LogP contribution in [0.4, 0.5) is 5.69 Å². The Kier molecular flexibility index (Phi) is 6.80. The van der Waals surface area contributed by atoms with Gasteiger partial charge in [0.25, 0.3) is 11.8 Å². The first-order valence-electron chi connectivity index (χ1n) is 8.96. The van der Waals surface area contributed by atoms with Crippen molar-refractivity contribution >= 4 is 56.6 Å². The van der Waals surface area contributed by atoms with Crippen LogP contribution in [-0.4, -0.2) is 32.6 Å². The third-order valence-electron chi connectivity index (χ3n) is 4.05. The second-order valence-electron chi connectivity index (χ2n) is 6.80. The maximum Gasteiger partial charge on any atom is 0.274 e. The van der Waals surface area contributed by atoms with E-state index in [4.69, 9.17) is 23.2 Å². The molecule has 2 aromatic heterocycles. The maximum atomic E-state index is 13.1. The minimum atomic E-state index is -0.513. The highest BCUT2D eigenvalue weighted by Crippen LogP contribution is 2.31. The number of aryl methyl sites for hydroxylation is 1. The molecule has 0 saturated heterocycles. The molecule has 0 aliphatic carbocycles. The minimum Gasteiger partial charge on any atom is -0.350 e. The van der Waals surface area contributed by atoms with Gasteiger partial charge in [0.1, 0.15) is 10.3 Å². The van der Waals surface area contributed by atoms with Crippen LogP contribution in [0, 0.1) is 6.92 Å². The second-order valence-corrected chi connectivity index (χ2v) is 8.46. The van der Waals surface area contributed by atoms with Crippen LogP contribution in [0.15, 0.2) is 41.1 Å². The van der Waals surface area contributed by atoms with Crippen molar-refractivity contribution in [3.05, 3.63) is 68.0 Å². The Morgan fingerprint density at radius 1 is 1.17 bits per heavy atom. The van der Waals surface area contributed by atoms with Gasteiger partial charge < -0.3 is 10.6 Å². The van der Waals surface area contributed by atoms with Crippen molar-refractivity contribution in [2.75, 3.05) is 5.32 Å². The molecule has 3 rings (SSSR count). The molecular formula is C20H18BrCl2N5O2. The number of carbonyl (C=O) groups is 2. The molecule has 0 atom stereocenters. The van der Waals surface area contributed by atoms with Gasteiger partial charge in [-0.05, 0) is 60.5 Å². The highest BCUT2D eigenvalue weighted by molar-refractivity contribution is 9.10. The first-order chi connectivity index (χ1) is 14.2. The van der Waals surface area contributed by atoms with Crippen molar-refractivity contribution < 1.29 is 9.59 Å². The molecule has 0 radical (unpaired) electrons. The molecule has 0 fully saturated rings. The van der Waals surface area contributed by atoms with Crippen LogP contribution < -0.4 is 10.6 Å². The third kappa shape index (κ3) is 4.83. The Morgan fingerprint density at radius 2 is 1.90 bits per heavy atom. The Bertz CT molecular complexity index is 1130. The number of benzene rings is 1. The van der Waals surface area contributed by atoms with Crippen molar-refractivity contribution in [1.82, 2.24) is 20.1 Å². The second kappa shape index (κ2) is 9.16. The Hall–Kier alpha value is -2.42. The smallest absolute Gasteiger partial charge is 0.274 e. The molecule has 1 aromatic carbocycles. The number of amides is 2. The molecule has 30 heavy (non-hydrogen) atoms. The first kappa shape index (κ1) is 22.3. The molecule has 0 bridgehead atoms. The lowest BCUT2D eigenvalue weighted by Crippen LogP contribution is -2.31. The van der Waals surface area contributed by atoms with E-state index in [0.29, 0.717) is 10.4 Å². The van der Waals surface area contributed by atoms with E-state index in [1.54, 1.807) is 18.3 Å². The van der Waals surface area contributed by atoms with Gasteiger partial charge in [0.05, 0.1) is 16.3 Å². The zero-order valence-corrected chi connectivity index (χ0v) is 19.4. The summed E-state index contributed by atoms with van der Waals surface area (Å²) < 4.78 is 1.88. The normalized spacial score (nSPS) is 10.9. The molecule has 2 amide bonds. The number of carbonyl (C=O) groups excluding carboxylic acids is 2. The fraction of sp³-hybridized carbons (Fsp3) is 0.200. The van der Waals surface area contributed by atoms with Crippen LogP contribution >= 0.6 is 39.1 Å². The predicted octanol–water partition coefficient (Wildman–Crippen LogP) is 5.04. The summed E-state index contributed by atoms with van der Waals surface area (Å²) in [5, 5.41) is 10.2. The fourth-order valence-electron chi connectivity index (χ4n) is 2.77. The number of halogens is 3. The molecule has 2 N–H and O–H groups in total. The third-order valence-corrected chi connectivity index (χ3v) is 4.96. The van der Waals surface area contributed by atoms with Gasteiger partial charge in [0.15, 0.2) is 5.82 Å². The number of hydrogen-bond donors (Lipinski definition) is 2. The molecule has 156 valence electrons. The highest BCUT2D eigenvalue weighted by atomic mass is 79.9. The van der Waals surface area contributed by atoms with Crippen LogP contribution in [0.1, 0.15) is 40.3 Å². The van der Waals surface area contributed by atoms with E-state index in [0.717, 1.165) is 5.56 Å². The number of hydrogen-bond acceptors (Lipinski definition) is 4. The van der Waals surface area contributed by atoms with Gasteiger partial charge in [-0.1, -0.05) is 29.3 Å². The summed E-state index contributed by atoms with van der Waals surface area (Å²) in [4.78, 5) is 30.1. The number of nitrogens with one attached hydrogen (secondary N) is 2. The van der Waals surface area contributed by atoms with Crippen LogP contribution in [0.3, 0.4) is 0 Å². The van der Waals surface area contributed by atoms with Crippen LogP contribution in [0.2, 0.25) is 10.0 Å². The molecule has 0 saturated carbocycles. The van der Waals surface area contributed by atoms with Gasteiger partial charge in [0.2, 0.25) is 0 Å². The van der Waals surface area contributed by atoms with E-state index in [1.807, 2.05) is 26.8 Å². The van der Waals surface area contributed by atoms with Gasteiger partial charge in [-0.15, -0.1) is 0 Å². The van der Waals surface area contributed by atoms with E-state index < -0.39 is 11.8 Å². The van der Waals surface area contributed by atoms with Gasteiger partial charge in [-0.3, -0.25) is 9.59 Å². The van der Waals surface area contributed by atoms with Gasteiger partial charge in [-0.2, -0.15) is 5.10 Å². The molecule has 0 aliphatic heterocycles. The minimum absolute atomic E-state index is 0.108. The van der Waals surface area contributed by atoms with Crippen molar-refractivity contribution in [2.45, 2.75) is 26.8 Å². The SMILES string of the molecule is Cc1cccnc1-n1nc(Br)cc1C(=O)Nc1c(Cl)cc(Cl)cc1C(=O)NC(C)C. The molecule has 3 aromatic rings. The van der Waals surface area contributed by atoms with Crippen molar-refractivity contribution in [3.8, 4) is 5.82 Å². The quantitative estimate of drug-likeness (QED) is 0.503. The number of pyridine rings is 1. The first-order valence-corrected chi connectivity index (χ1v) is 10.5. The number of anilines is 1. The number of rotatable bonds is 5. The van der Waals surface area contributed by atoms with Crippen LogP contribution in [-0.2, 0) is 0 Å². The summed E-state index contributed by atoms with van der Waals surface area (Å²) in [6.07, 6.45) is 1.62. The van der Waals surface area contributed by atoms with Gasteiger partial charge in [-0.25, -0.2) is 9.67 Å². The van der Waals surface area contributed by atoms with Crippen molar-refractivity contribution in [2.24, 2.45) is 0 Å². The average molecular weight is 511 g/mol. The number of aromatic nitrogens is 3. The molecule has 0 spiro atoms. The highest BCUT2D eigenvalue weighted by Gasteiger charge is 2.23. The van der Waals surface area contributed by atoms with Gasteiger partial charge in [0, 0.05) is 23.3 Å². The molecule has 7 nitrogen and oxygen atoms in total. The summed E-state index contributed by atoms with van der Waals surface area (Å²) in [5.74, 6) is -0.408. The summed E-state index contributed by atoms with van der Waals surface area (Å²) in [6, 6.07) is 8.02. The largest absolute Gasteiger partial charge is 0.350 e. The topological polar surface area (TPSA) is 88.9 Å². The molecule has 2 heterocycles. The number of nitrogens with zero attached hydrogens (tertiary/aromatic N) is 3. The monoisotopic (exact) mass is 509 g/mol. The van der Waals surface area contributed by atoms with E-state index in [9.17, 15) is 9.59 Å². The van der Waals surface area contributed by atoms with E-state index in [-0.39, 0.29) is 33.0 Å². The lowest BCUT2D eigenvalue weighted by Gasteiger charge is -2.15. The zero-order chi connectivity index (χ0) is 22.0. The molecule has 10 heteroatoms. The van der Waals surface area contributed by atoms with Crippen molar-refractivity contribution in [3.63, 3.8) is 0 Å². The summed E-state index contributed by atoms with van der Waals surface area (Å²) in [6.45, 7) is 5.52. The van der Waals surface area contributed by atoms with E-state index in [2.05, 4.69) is 36.6 Å². The lowest BCUT2D eigenvalue weighted by atomic mass is 10.1. The molecular weight excluding hydrogens is 493 g/mol. The standard InChI is InChI=1S/C20H18BrCl2N5O2/c1-10(2)25-19(29)13-7-12(22)8-14(23)17(13)26-20(30)15-9-16(21)27-28(15)18-11(3)5-4-6-24-18/h4-10H,1-3H3,(H,25,29)(H,26,30). The summed E-state index contributed by atoms with van der Waals surface area (Å²) in [5.41, 5.74) is 1.37. The van der Waals surface area contributed by atoms with E-state index >= 15 is 0 Å². The van der Waals surface area contributed by atoms with E-state index in [1.165, 1.54) is 16.8 Å². The summed E-state index contributed by atoms with van der Waals surface area (Å²) in [7, 11) is 0. The Morgan fingerprint density at radius 3 is 2.57 bits per heavy atom. The van der Waals surface area contributed by atoms with Gasteiger partial charge >= 0.3 is 0 Å². The molecule has 0 unspecified atom stereocenters. The average Bonchev–Trinajstić information content (AvgIpc) is 3.05. The van der Waals surface area contributed by atoms with Crippen LogP contribution in [0.25, 0.3) is 5.82 Å². The maximum absolute atomic E-state index is 13.1. The predicted molar refractivity (Wildman–Crippen MR) is 121 cm³/mol. The molecule has 0 aliphatic rings. The summed E-state index contributed by atoms with van der Waals surface area (Å²) >= 11 is 15.7. The Balaban J connectivity index is 2.02. The fourth-order valence-corrected chi connectivity index (χ4v) is 3.69. The lowest BCUT2D eigenvalue weighted by molar-refractivity contribution is 0.0944. The van der Waals surface area contributed by atoms with Crippen LogP contribution in [0.5, 0.6) is 0 Å².